The number of aromatic nitrogens is 2. The molecule has 1 aromatic carbocycles. The zero-order chi connectivity index (χ0) is 24.6. The molecule has 1 N–H and O–H groups in total. The maximum absolute atomic E-state index is 12.9. The molecule has 5 rings (SSSR count). The molecule has 3 aliphatic heterocycles. The minimum atomic E-state index is -3.40. The van der Waals surface area contributed by atoms with Crippen molar-refractivity contribution in [3.63, 3.8) is 0 Å². The number of piperidine rings is 1. The first kappa shape index (κ1) is 24.1. The molecule has 0 saturated carbocycles. The highest BCUT2D eigenvalue weighted by atomic mass is 32.2. The second-order valence-corrected chi connectivity index (χ2v) is 12.3. The highest BCUT2D eigenvalue weighted by molar-refractivity contribution is 7.92. The van der Waals surface area contributed by atoms with Gasteiger partial charge in [-0.05, 0) is 74.2 Å². The summed E-state index contributed by atoms with van der Waals surface area (Å²) in [6, 6.07) is 6.75. The fourth-order valence-corrected chi connectivity index (χ4v) is 6.39. The summed E-state index contributed by atoms with van der Waals surface area (Å²) in [6.07, 6.45) is 9.60. The van der Waals surface area contributed by atoms with Crippen molar-refractivity contribution >= 4 is 27.4 Å². The predicted octanol–water partition coefficient (Wildman–Crippen LogP) is 3.12. The molecule has 3 aliphatic rings. The number of carbonyl (C=O) groups excluding carboxylic acids is 1. The minimum Gasteiger partial charge on any atom is -0.372 e. The van der Waals surface area contributed by atoms with E-state index >= 15 is 0 Å². The number of aryl methyl sites for hydroxylation is 1. The smallest absolute Gasteiger partial charge is 0.344 e. The Kier molecular flexibility index (Phi) is 6.52. The first-order valence-electron chi connectivity index (χ1n) is 12.6. The van der Waals surface area contributed by atoms with Crippen LogP contribution in [0.2, 0.25) is 0 Å². The maximum atomic E-state index is 12.9. The number of likely N-dealkylation sites (tertiary alicyclic amines) is 2. The third kappa shape index (κ3) is 5.48. The average molecular weight is 501 g/mol. The monoisotopic (exact) mass is 500 g/mol. The summed E-state index contributed by atoms with van der Waals surface area (Å²) in [4.78, 5) is 19.8. The Morgan fingerprint density at radius 2 is 1.80 bits per heavy atom. The molecule has 35 heavy (non-hydrogen) atoms. The van der Waals surface area contributed by atoms with Crippen LogP contribution in [-0.2, 0) is 16.6 Å². The first-order chi connectivity index (χ1) is 16.7. The highest BCUT2D eigenvalue weighted by Crippen LogP contribution is 2.41. The summed E-state index contributed by atoms with van der Waals surface area (Å²) in [5, 5.41) is 4.05. The zero-order valence-corrected chi connectivity index (χ0v) is 21.6. The van der Waals surface area contributed by atoms with Crippen LogP contribution >= 0.6 is 0 Å². The fraction of sp³-hybridized carbons (Fsp3) is 0.600. The Hall–Kier alpha value is -2.59. The predicted molar refractivity (Wildman–Crippen MR) is 137 cm³/mol. The van der Waals surface area contributed by atoms with Gasteiger partial charge in [0, 0.05) is 45.0 Å². The summed E-state index contributed by atoms with van der Waals surface area (Å²) in [5.74, 6) is 0. The molecule has 0 radical (unpaired) electrons. The van der Waals surface area contributed by atoms with E-state index in [0.717, 1.165) is 38.7 Å². The van der Waals surface area contributed by atoms with Gasteiger partial charge < -0.3 is 9.80 Å². The Morgan fingerprint density at radius 1 is 1.09 bits per heavy atom. The highest BCUT2D eigenvalue weighted by Gasteiger charge is 2.41. The van der Waals surface area contributed by atoms with Crippen LogP contribution < -0.4 is 9.62 Å². The SMILES string of the molecule is Cc1cc(N2CCCC2)ccc1CN1CCC2(CCN(C(=O)n3cc(NS(C)(=O)=O)cn3)CC2)C1. The minimum absolute atomic E-state index is 0.204. The number of benzene rings is 1. The average Bonchev–Trinajstić information content (AvgIpc) is 3.57. The van der Waals surface area contributed by atoms with E-state index < -0.39 is 10.0 Å². The molecule has 4 heterocycles. The van der Waals surface area contributed by atoms with Gasteiger partial charge in [-0.25, -0.2) is 13.2 Å². The molecule has 2 aromatic rings. The summed E-state index contributed by atoms with van der Waals surface area (Å²) < 4.78 is 26.4. The molecule has 9 nitrogen and oxygen atoms in total. The Balaban J connectivity index is 1.15. The van der Waals surface area contributed by atoms with Crippen molar-refractivity contribution in [2.45, 2.75) is 45.6 Å². The zero-order valence-electron chi connectivity index (χ0n) is 20.7. The second-order valence-electron chi connectivity index (χ2n) is 10.6. The van der Waals surface area contributed by atoms with E-state index in [1.807, 2.05) is 4.90 Å². The van der Waals surface area contributed by atoms with Gasteiger partial charge in [0.15, 0.2) is 0 Å². The van der Waals surface area contributed by atoms with E-state index in [1.54, 1.807) is 0 Å². The summed E-state index contributed by atoms with van der Waals surface area (Å²) in [7, 11) is -3.40. The van der Waals surface area contributed by atoms with E-state index in [1.165, 1.54) is 66.2 Å². The molecule has 0 aliphatic carbocycles. The normalized spacial score (nSPS) is 20.6. The van der Waals surface area contributed by atoms with Crippen LogP contribution in [0.1, 0.15) is 43.2 Å². The molecule has 10 heteroatoms. The largest absolute Gasteiger partial charge is 0.372 e. The van der Waals surface area contributed by atoms with E-state index in [9.17, 15) is 13.2 Å². The molecular formula is C25H36N6O3S. The van der Waals surface area contributed by atoms with Gasteiger partial charge in [0.05, 0.1) is 24.3 Å². The van der Waals surface area contributed by atoms with E-state index in [2.05, 4.69) is 44.7 Å². The number of carbonyl (C=O) groups is 1. The Labute approximate surface area is 208 Å². The lowest BCUT2D eigenvalue weighted by Crippen LogP contribution is -2.45. The number of hydrogen-bond donors (Lipinski definition) is 1. The number of sulfonamides is 1. The maximum Gasteiger partial charge on any atom is 0.344 e. The number of nitrogens with zero attached hydrogens (tertiary/aromatic N) is 5. The fourth-order valence-electron chi connectivity index (χ4n) is 5.85. The van der Waals surface area contributed by atoms with Gasteiger partial charge in [-0.3, -0.25) is 9.62 Å². The lowest BCUT2D eigenvalue weighted by molar-refractivity contribution is 0.118. The molecular weight excluding hydrogens is 464 g/mol. The third-order valence-electron chi connectivity index (χ3n) is 7.89. The molecule has 1 amide bonds. The van der Waals surface area contributed by atoms with Crippen LogP contribution in [-0.4, -0.2) is 79.6 Å². The van der Waals surface area contributed by atoms with E-state index in [-0.39, 0.29) is 11.4 Å². The molecule has 190 valence electrons. The van der Waals surface area contributed by atoms with Crippen molar-refractivity contribution in [2.24, 2.45) is 5.41 Å². The number of amides is 1. The Bertz CT molecular complexity index is 1180. The van der Waals surface area contributed by atoms with Gasteiger partial charge in [-0.1, -0.05) is 6.07 Å². The van der Waals surface area contributed by atoms with Crippen molar-refractivity contribution in [2.75, 3.05) is 55.1 Å². The summed E-state index contributed by atoms with van der Waals surface area (Å²) in [5.41, 5.74) is 4.71. The van der Waals surface area contributed by atoms with Gasteiger partial charge in [0.25, 0.3) is 0 Å². The van der Waals surface area contributed by atoms with E-state index in [4.69, 9.17) is 0 Å². The van der Waals surface area contributed by atoms with Crippen LogP contribution in [0, 0.1) is 12.3 Å². The molecule has 3 saturated heterocycles. The molecule has 0 unspecified atom stereocenters. The third-order valence-corrected chi connectivity index (χ3v) is 8.49. The van der Waals surface area contributed by atoms with Crippen LogP contribution in [0.25, 0.3) is 0 Å². The molecule has 1 aromatic heterocycles. The Morgan fingerprint density at radius 3 is 2.49 bits per heavy atom. The van der Waals surface area contributed by atoms with E-state index in [0.29, 0.717) is 18.8 Å². The number of nitrogens with one attached hydrogen (secondary N) is 1. The van der Waals surface area contributed by atoms with Gasteiger partial charge in [-0.2, -0.15) is 9.78 Å². The second kappa shape index (κ2) is 9.46. The standard InChI is InChI=1S/C25H36N6O3S/c1-20-15-23(29-10-3-4-11-29)6-5-21(20)17-28-12-7-25(19-28)8-13-30(14-9-25)24(32)31-18-22(16-26-31)27-35(2,33)34/h5-6,15-16,18,27H,3-4,7-14,17,19H2,1-2H3. The molecule has 0 atom stereocenters. The summed E-state index contributed by atoms with van der Waals surface area (Å²) in [6.45, 7) is 9.14. The van der Waals surface area contributed by atoms with Crippen molar-refractivity contribution in [3.8, 4) is 0 Å². The van der Waals surface area contributed by atoms with Crippen molar-refractivity contribution in [1.29, 1.82) is 0 Å². The van der Waals surface area contributed by atoms with Crippen LogP contribution in [0.15, 0.2) is 30.6 Å². The number of hydrogen-bond acceptors (Lipinski definition) is 6. The summed E-state index contributed by atoms with van der Waals surface area (Å²) >= 11 is 0. The first-order valence-corrected chi connectivity index (χ1v) is 14.5. The number of anilines is 2. The van der Waals surface area contributed by atoms with Crippen molar-refractivity contribution < 1.29 is 13.2 Å². The van der Waals surface area contributed by atoms with Crippen molar-refractivity contribution in [1.82, 2.24) is 19.6 Å². The lowest BCUT2D eigenvalue weighted by atomic mass is 9.78. The van der Waals surface area contributed by atoms with Gasteiger partial charge in [0.2, 0.25) is 10.0 Å². The van der Waals surface area contributed by atoms with Gasteiger partial charge in [0.1, 0.15) is 0 Å². The lowest BCUT2D eigenvalue weighted by Gasteiger charge is -2.39. The quantitative estimate of drug-likeness (QED) is 0.678. The van der Waals surface area contributed by atoms with Gasteiger partial charge >= 0.3 is 6.03 Å². The molecule has 0 bridgehead atoms. The topological polar surface area (TPSA) is 90.8 Å². The van der Waals surface area contributed by atoms with Crippen molar-refractivity contribution in [3.05, 3.63) is 41.7 Å². The molecule has 1 spiro atoms. The van der Waals surface area contributed by atoms with Crippen LogP contribution in [0.3, 0.4) is 0 Å². The van der Waals surface area contributed by atoms with Gasteiger partial charge in [-0.15, -0.1) is 0 Å². The number of rotatable bonds is 5. The molecule has 3 fully saturated rings. The van der Waals surface area contributed by atoms with Crippen LogP contribution in [0.4, 0.5) is 16.2 Å². The van der Waals surface area contributed by atoms with Crippen LogP contribution in [0.5, 0.6) is 0 Å².